The van der Waals surface area contributed by atoms with Crippen molar-refractivity contribution in [3.63, 3.8) is 0 Å². The van der Waals surface area contributed by atoms with Crippen LogP contribution in [0.2, 0.25) is 0 Å². The molecule has 0 fully saturated rings. The molecule has 5 aromatic rings. The Kier molecular flexibility index (Phi) is 8.92. The van der Waals surface area contributed by atoms with Crippen molar-refractivity contribution in [2.75, 3.05) is 13.2 Å². The highest BCUT2D eigenvalue weighted by molar-refractivity contribution is 5.79. The molecular weight excluding hydrogens is 494 g/mol. The van der Waals surface area contributed by atoms with Gasteiger partial charge in [-0.1, -0.05) is 84.4 Å². The molecular formula is C35H37N3O2. The van der Waals surface area contributed by atoms with Gasteiger partial charge in [0.1, 0.15) is 11.6 Å². The Labute approximate surface area is 236 Å². The summed E-state index contributed by atoms with van der Waals surface area (Å²) >= 11 is 0. The Morgan fingerprint density at radius 1 is 0.850 bits per heavy atom. The maximum absolute atomic E-state index is 12.6. The molecule has 0 atom stereocenters. The quantitative estimate of drug-likeness (QED) is 0.175. The van der Waals surface area contributed by atoms with Crippen LogP contribution in [0, 0.1) is 13.8 Å². The number of fused-ring (bicyclic) bond motifs is 1. The number of imidazole rings is 1. The van der Waals surface area contributed by atoms with Gasteiger partial charge in [0.2, 0.25) is 5.91 Å². The van der Waals surface area contributed by atoms with Crippen LogP contribution in [0.3, 0.4) is 0 Å². The van der Waals surface area contributed by atoms with Crippen LogP contribution >= 0.6 is 0 Å². The average molecular weight is 532 g/mol. The highest BCUT2D eigenvalue weighted by atomic mass is 16.5. The fourth-order valence-corrected chi connectivity index (χ4v) is 5.10. The zero-order chi connectivity index (χ0) is 27.7. The Morgan fingerprint density at radius 3 is 2.40 bits per heavy atom. The second kappa shape index (κ2) is 13.1. The molecule has 1 aromatic heterocycles. The highest BCUT2D eigenvalue weighted by Crippen LogP contribution is 2.21. The molecule has 0 aliphatic carbocycles. The summed E-state index contributed by atoms with van der Waals surface area (Å²) in [4.78, 5) is 17.5. The molecule has 0 spiro atoms. The van der Waals surface area contributed by atoms with Crippen LogP contribution < -0.4 is 10.1 Å². The maximum Gasteiger partial charge on any atom is 0.224 e. The van der Waals surface area contributed by atoms with E-state index in [0.717, 1.165) is 59.5 Å². The minimum atomic E-state index is 0.0458. The van der Waals surface area contributed by atoms with Crippen LogP contribution in [0.1, 0.15) is 35.4 Å². The van der Waals surface area contributed by atoms with Gasteiger partial charge >= 0.3 is 0 Å². The fourth-order valence-electron chi connectivity index (χ4n) is 5.10. The van der Waals surface area contributed by atoms with Crippen molar-refractivity contribution in [3.8, 4) is 16.9 Å². The number of benzene rings is 4. The number of aromatic nitrogens is 2. The van der Waals surface area contributed by atoms with E-state index in [9.17, 15) is 4.79 Å². The number of ether oxygens (including phenoxy) is 1. The molecule has 0 saturated heterocycles. The predicted octanol–water partition coefficient (Wildman–Crippen LogP) is 7.08. The van der Waals surface area contributed by atoms with Gasteiger partial charge in [0.15, 0.2) is 0 Å². The summed E-state index contributed by atoms with van der Waals surface area (Å²) < 4.78 is 8.37. The number of aryl methyl sites for hydroxylation is 4. The first-order valence-corrected chi connectivity index (χ1v) is 14.1. The van der Waals surface area contributed by atoms with Crippen LogP contribution in [0.4, 0.5) is 0 Å². The number of para-hydroxylation sites is 2. The van der Waals surface area contributed by atoms with Gasteiger partial charge in [0, 0.05) is 19.5 Å². The van der Waals surface area contributed by atoms with Crippen LogP contribution in [-0.4, -0.2) is 28.6 Å². The largest absolute Gasteiger partial charge is 0.493 e. The lowest BCUT2D eigenvalue weighted by Crippen LogP contribution is -2.26. The molecule has 1 heterocycles. The number of carbonyl (C=O) groups is 1. The summed E-state index contributed by atoms with van der Waals surface area (Å²) in [5.74, 6) is 2.05. The molecule has 4 aromatic carbocycles. The van der Waals surface area contributed by atoms with Gasteiger partial charge in [-0.3, -0.25) is 4.79 Å². The standard InChI is InChI=1S/C35H37N3O2/c1-26-15-20-33(27(2)24-26)40-23-9-22-38-32-13-7-6-12-31(32)37-34(38)14-8-21-36-35(39)25-28-16-18-30(19-17-28)29-10-4-3-5-11-29/h3-7,10-13,15-20,24H,8-9,14,21-23,25H2,1-2H3,(H,36,39). The molecule has 40 heavy (non-hydrogen) atoms. The van der Waals surface area contributed by atoms with Crippen molar-refractivity contribution in [2.24, 2.45) is 0 Å². The van der Waals surface area contributed by atoms with Gasteiger partial charge < -0.3 is 14.6 Å². The third kappa shape index (κ3) is 6.97. The maximum atomic E-state index is 12.6. The van der Waals surface area contributed by atoms with E-state index in [4.69, 9.17) is 9.72 Å². The first-order valence-electron chi connectivity index (χ1n) is 14.1. The van der Waals surface area contributed by atoms with Crippen LogP contribution in [-0.2, 0) is 24.2 Å². The SMILES string of the molecule is Cc1ccc(OCCCn2c(CCCNC(=O)Cc3ccc(-c4ccccc4)cc3)nc3ccccc32)c(C)c1. The minimum Gasteiger partial charge on any atom is -0.493 e. The third-order valence-corrected chi connectivity index (χ3v) is 7.17. The van der Waals surface area contributed by atoms with Gasteiger partial charge in [-0.15, -0.1) is 0 Å². The van der Waals surface area contributed by atoms with Gasteiger partial charge in [-0.25, -0.2) is 4.98 Å². The number of carbonyl (C=O) groups excluding carboxylic acids is 1. The van der Waals surface area contributed by atoms with E-state index in [-0.39, 0.29) is 5.91 Å². The first kappa shape index (κ1) is 27.2. The van der Waals surface area contributed by atoms with E-state index >= 15 is 0 Å². The summed E-state index contributed by atoms with van der Waals surface area (Å²) in [6.45, 7) is 6.30. The summed E-state index contributed by atoms with van der Waals surface area (Å²) in [5.41, 5.74) is 7.92. The normalized spacial score (nSPS) is 11.1. The first-order chi connectivity index (χ1) is 19.6. The van der Waals surface area contributed by atoms with E-state index in [1.807, 2.05) is 36.4 Å². The molecule has 0 aliphatic rings. The topological polar surface area (TPSA) is 56.1 Å². The molecule has 204 valence electrons. The average Bonchev–Trinajstić information content (AvgIpc) is 3.32. The molecule has 0 saturated carbocycles. The molecule has 5 nitrogen and oxygen atoms in total. The molecule has 1 N–H and O–H groups in total. The van der Waals surface area contributed by atoms with Gasteiger partial charge in [0.25, 0.3) is 0 Å². The molecule has 0 radical (unpaired) electrons. The van der Waals surface area contributed by atoms with E-state index < -0.39 is 0 Å². The summed E-state index contributed by atoms with van der Waals surface area (Å²) in [6, 6.07) is 33.1. The Bertz CT molecular complexity index is 1560. The van der Waals surface area contributed by atoms with E-state index in [1.54, 1.807) is 0 Å². The van der Waals surface area contributed by atoms with Gasteiger partial charge in [-0.2, -0.15) is 0 Å². The number of hydrogen-bond donors (Lipinski definition) is 1. The van der Waals surface area contributed by atoms with E-state index in [1.165, 1.54) is 16.7 Å². The third-order valence-electron chi connectivity index (χ3n) is 7.17. The fraction of sp³-hybridized carbons (Fsp3) is 0.257. The molecule has 5 heteroatoms. The second-order valence-electron chi connectivity index (χ2n) is 10.3. The van der Waals surface area contributed by atoms with Crippen molar-refractivity contribution in [2.45, 2.75) is 46.1 Å². The molecule has 5 rings (SSSR count). The second-order valence-corrected chi connectivity index (χ2v) is 10.3. The minimum absolute atomic E-state index is 0.0458. The lowest BCUT2D eigenvalue weighted by atomic mass is 10.0. The number of nitrogens with one attached hydrogen (secondary N) is 1. The molecule has 0 aliphatic heterocycles. The lowest BCUT2D eigenvalue weighted by molar-refractivity contribution is -0.120. The van der Waals surface area contributed by atoms with E-state index in [0.29, 0.717) is 19.6 Å². The number of nitrogens with zero attached hydrogens (tertiary/aromatic N) is 2. The van der Waals surface area contributed by atoms with E-state index in [2.05, 4.69) is 84.4 Å². The Morgan fingerprint density at radius 2 is 1.60 bits per heavy atom. The number of amides is 1. The molecule has 0 bridgehead atoms. The monoisotopic (exact) mass is 531 g/mol. The zero-order valence-electron chi connectivity index (χ0n) is 23.4. The summed E-state index contributed by atoms with van der Waals surface area (Å²) in [6.07, 6.45) is 2.91. The van der Waals surface area contributed by atoms with Crippen LogP contribution in [0.5, 0.6) is 5.75 Å². The summed E-state index contributed by atoms with van der Waals surface area (Å²) in [5, 5.41) is 3.08. The Hall–Kier alpha value is -4.38. The van der Waals surface area contributed by atoms with Crippen LogP contribution in [0.15, 0.2) is 97.1 Å². The van der Waals surface area contributed by atoms with Crippen molar-refractivity contribution < 1.29 is 9.53 Å². The predicted molar refractivity (Wildman–Crippen MR) is 163 cm³/mol. The van der Waals surface area contributed by atoms with Crippen molar-refractivity contribution >= 4 is 16.9 Å². The van der Waals surface area contributed by atoms with Crippen molar-refractivity contribution in [1.29, 1.82) is 0 Å². The highest BCUT2D eigenvalue weighted by Gasteiger charge is 2.11. The van der Waals surface area contributed by atoms with Gasteiger partial charge in [0.05, 0.1) is 24.1 Å². The molecule has 1 amide bonds. The van der Waals surface area contributed by atoms with Crippen molar-refractivity contribution in [1.82, 2.24) is 14.9 Å². The van der Waals surface area contributed by atoms with Gasteiger partial charge in [-0.05, 0) is 67.1 Å². The smallest absolute Gasteiger partial charge is 0.224 e. The Balaban J connectivity index is 1.11. The lowest BCUT2D eigenvalue weighted by Gasteiger charge is -2.12. The number of rotatable bonds is 12. The molecule has 0 unspecified atom stereocenters. The zero-order valence-corrected chi connectivity index (χ0v) is 23.4. The number of hydrogen-bond acceptors (Lipinski definition) is 3. The van der Waals surface area contributed by atoms with Crippen molar-refractivity contribution in [3.05, 3.63) is 120 Å². The van der Waals surface area contributed by atoms with Crippen LogP contribution in [0.25, 0.3) is 22.2 Å². The summed E-state index contributed by atoms with van der Waals surface area (Å²) in [7, 11) is 0.